The molecule has 4 heteroatoms. The second-order valence-corrected chi connectivity index (χ2v) is 6.75. The molecule has 4 rings (SSSR count). The fourth-order valence-electron chi connectivity index (χ4n) is 4.06. The zero-order valence-corrected chi connectivity index (χ0v) is 13.5. The van der Waals surface area contributed by atoms with Gasteiger partial charge in [-0.3, -0.25) is 4.79 Å². The normalized spacial score (nSPS) is 16.0. The number of halogens is 1. The molecule has 1 heterocycles. The fraction of sp³-hybridized carbons (Fsp3) is 0.350. The number of benzene rings is 2. The summed E-state index contributed by atoms with van der Waals surface area (Å²) in [7, 11) is 0. The van der Waals surface area contributed by atoms with E-state index in [0.29, 0.717) is 16.9 Å². The van der Waals surface area contributed by atoms with Gasteiger partial charge in [-0.05, 0) is 43.0 Å². The maximum Gasteiger partial charge on any atom is 0.249 e. The van der Waals surface area contributed by atoms with Gasteiger partial charge in [-0.1, -0.05) is 25.3 Å². The third kappa shape index (κ3) is 2.46. The molecule has 0 saturated heterocycles. The fourth-order valence-corrected chi connectivity index (χ4v) is 4.06. The standard InChI is InChI=1S/C20H20FN2O/c21-14-9-10-17-16(11-14)19-15(20(22)24)7-4-8-18(19)23(17)12-13-5-2-1-3-6-13/h4,7-10,13H,1-3,5-6,12H2,(H2,22,24). The van der Waals surface area contributed by atoms with Crippen molar-refractivity contribution in [1.82, 2.24) is 4.57 Å². The molecule has 1 fully saturated rings. The Balaban J connectivity index is 1.96. The van der Waals surface area contributed by atoms with Crippen molar-refractivity contribution in [3.63, 3.8) is 0 Å². The van der Waals surface area contributed by atoms with Crippen LogP contribution in [0.3, 0.4) is 0 Å². The van der Waals surface area contributed by atoms with Crippen LogP contribution >= 0.6 is 0 Å². The van der Waals surface area contributed by atoms with Gasteiger partial charge in [0.1, 0.15) is 5.82 Å². The van der Waals surface area contributed by atoms with Crippen LogP contribution in [0.2, 0.25) is 0 Å². The molecule has 0 unspecified atom stereocenters. The highest BCUT2D eigenvalue weighted by atomic mass is 19.1. The molecule has 0 spiro atoms. The molecule has 1 amide bonds. The molecule has 1 radical (unpaired) electrons. The summed E-state index contributed by atoms with van der Waals surface area (Å²) in [6.07, 6.45) is 6.31. The summed E-state index contributed by atoms with van der Waals surface area (Å²) in [6.45, 7) is 0.891. The van der Waals surface area contributed by atoms with E-state index in [4.69, 9.17) is 5.73 Å². The monoisotopic (exact) mass is 323 g/mol. The number of amides is 1. The van der Waals surface area contributed by atoms with E-state index in [2.05, 4.69) is 10.6 Å². The number of nitrogens with two attached hydrogens (primary N) is 1. The number of primary amides is 1. The van der Waals surface area contributed by atoms with E-state index < -0.39 is 11.7 Å². The summed E-state index contributed by atoms with van der Waals surface area (Å²) in [6, 6.07) is 11.5. The first kappa shape index (κ1) is 15.2. The number of carbonyl (C=O) groups excluding carboxylic acids is 1. The van der Waals surface area contributed by atoms with Crippen LogP contribution in [0, 0.1) is 17.8 Å². The van der Waals surface area contributed by atoms with Crippen LogP contribution in [-0.2, 0) is 6.54 Å². The maximum atomic E-state index is 13.8. The predicted octanol–water partition coefficient (Wildman–Crippen LogP) is 4.41. The molecule has 0 aliphatic heterocycles. The molecule has 123 valence electrons. The lowest BCUT2D eigenvalue weighted by Crippen LogP contribution is -2.14. The average molecular weight is 323 g/mol. The number of hydrogen-bond donors (Lipinski definition) is 1. The maximum absolute atomic E-state index is 13.8. The third-order valence-electron chi connectivity index (χ3n) is 5.19. The Kier molecular flexibility index (Phi) is 3.75. The zero-order chi connectivity index (χ0) is 16.7. The second-order valence-electron chi connectivity index (χ2n) is 6.75. The van der Waals surface area contributed by atoms with E-state index in [1.165, 1.54) is 38.2 Å². The van der Waals surface area contributed by atoms with Crippen LogP contribution in [0.15, 0.2) is 30.3 Å². The van der Waals surface area contributed by atoms with Gasteiger partial charge < -0.3 is 10.3 Å². The summed E-state index contributed by atoms with van der Waals surface area (Å²) < 4.78 is 16.0. The summed E-state index contributed by atoms with van der Waals surface area (Å²) in [5.74, 6) is -0.284. The molecule has 1 aromatic heterocycles. The first-order chi connectivity index (χ1) is 11.6. The quantitative estimate of drug-likeness (QED) is 0.762. The highest BCUT2D eigenvalue weighted by Crippen LogP contribution is 2.34. The van der Waals surface area contributed by atoms with Crippen LogP contribution in [0.4, 0.5) is 4.39 Å². The van der Waals surface area contributed by atoms with E-state index in [-0.39, 0.29) is 0 Å². The van der Waals surface area contributed by atoms with Crippen molar-refractivity contribution in [2.75, 3.05) is 0 Å². The summed E-state index contributed by atoms with van der Waals surface area (Å²) in [5, 5.41) is 1.37. The van der Waals surface area contributed by atoms with Crippen molar-refractivity contribution in [1.29, 1.82) is 0 Å². The number of aromatic nitrogens is 1. The van der Waals surface area contributed by atoms with Gasteiger partial charge >= 0.3 is 0 Å². The van der Waals surface area contributed by atoms with E-state index in [1.807, 2.05) is 12.1 Å². The number of hydrogen-bond acceptors (Lipinski definition) is 1. The number of fused-ring (bicyclic) bond motifs is 3. The van der Waals surface area contributed by atoms with Crippen LogP contribution in [0.5, 0.6) is 0 Å². The molecule has 2 aromatic carbocycles. The lowest BCUT2D eigenvalue weighted by Gasteiger charge is -2.23. The SMILES string of the molecule is NC(=O)c1cccc2c1c1[c]c(F)ccc1n2CC1CCCCC1. The topological polar surface area (TPSA) is 48.0 Å². The van der Waals surface area contributed by atoms with E-state index in [9.17, 15) is 9.18 Å². The first-order valence-corrected chi connectivity index (χ1v) is 8.57. The van der Waals surface area contributed by atoms with Crippen molar-refractivity contribution in [2.45, 2.75) is 38.6 Å². The van der Waals surface area contributed by atoms with Crippen molar-refractivity contribution in [2.24, 2.45) is 11.7 Å². The van der Waals surface area contributed by atoms with Gasteiger partial charge in [0.2, 0.25) is 5.91 Å². The second kappa shape index (κ2) is 5.93. The van der Waals surface area contributed by atoms with Gasteiger partial charge in [0.05, 0.1) is 0 Å². The molecular weight excluding hydrogens is 303 g/mol. The molecule has 0 bridgehead atoms. The Labute approximate surface area is 140 Å². The summed E-state index contributed by atoms with van der Waals surface area (Å²) in [4.78, 5) is 11.8. The Morgan fingerprint density at radius 3 is 2.71 bits per heavy atom. The van der Waals surface area contributed by atoms with E-state index >= 15 is 0 Å². The van der Waals surface area contributed by atoms with E-state index in [0.717, 1.165) is 23.0 Å². The smallest absolute Gasteiger partial charge is 0.249 e. The minimum atomic E-state index is -0.491. The van der Waals surface area contributed by atoms with Crippen molar-refractivity contribution in [3.05, 3.63) is 47.8 Å². The molecule has 0 atom stereocenters. The molecule has 2 N–H and O–H groups in total. The van der Waals surface area contributed by atoms with E-state index in [1.54, 1.807) is 12.1 Å². The molecule has 24 heavy (non-hydrogen) atoms. The molecule has 1 saturated carbocycles. The Morgan fingerprint density at radius 2 is 1.96 bits per heavy atom. The predicted molar refractivity (Wildman–Crippen MR) is 93.3 cm³/mol. The highest BCUT2D eigenvalue weighted by molar-refractivity contribution is 6.17. The molecule has 3 aromatic rings. The number of rotatable bonds is 3. The minimum Gasteiger partial charge on any atom is -0.366 e. The number of nitrogens with zero attached hydrogens (tertiary/aromatic N) is 1. The van der Waals surface area contributed by atoms with Crippen molar-refractivity contribution in [3.8, 4) is 0 Å². The Bertz CT molecular complexity index is 922. The minimum absolute atomic E-state index is 0.418. The molecule has 1 aliphatic rings. The van der Waals surface area contributed by atoms with Gasteiger partial charge in [0.25, 0.3) is 0 Å². The van der Waals surface area contributed by atoms with Crippen LogP contribution in [0.25, 0.3) is 21.8 Å². The van der Waals surface area contributed by atoms with Gasteiger partial charge in [0.15, 0.2) is 0 Å². The Hall–Kier alpha value is -2.36. The summed E-state index contributed by atoms with van der Waals surface area (Å²) in [5.41, 5.74) is 7.84. The van der Waals surface area contributed by atoms with Crippen molar-refractivity contribution < 1.29 is 9.18 Å². The lowest BCUT2D eigenvalue weighted by molar-refractivity contribution is 0.100. The summed E-state index contributed by atoms with van der Waals surface area (Å²) >= 11 is 0. The van der Waals surface area contributed by atoms with Gasteiger partial charge in [-0.2, -0.15) is 0 Å². The van der Waals surface area contributed by atoms with Gasteiger partial charge in [-0.15, -0.1) is 0 Å². The highest BCUT2D eigenvalue weighted by Gasteiger charge is 2.20. The van der Waals surface area contributed by atoms with Crippen molar-refractivity contribution >= 4 is 27.7 Å². The Morgan fingerprint density at radius 1 is 1.17 bits per heavy atom. The lowest BCUT2D eigenvalue weighted by atomic mass is 9.89. The largest absolute Gasteiger partial charge is 0.366 e. The van der Waals surface area contributed by atoms with Crippen LogP contribution < -0.4 is 5.73 Å². The average Bonchev–Trinajstić information content (AvgIpc) is 2.89. The van der Waals surface area contributed by atoms with Crippen LogP contribution in [-0.4, -0.2) is 10.5 Å². The molecule has 3 nitrogen and oxygen atoms in total. The van der Waals surface area contributed by atoms with Gasteiger partial charge in [0, 0.05) is 40.0 Å². The van der Waals surface area contributed by atoms with Gasteiger partial charge in [-0.25, -0.2) is 4.39 Å². The third-order valence-corrected chi connectivity index (χ3v) is 5.19. The van der Waals surface area contributed by atoms with Crippen LogP contribution in [0.1, 0.15) is 42.5 Å². The first-order valence-electron chi connectivity index (χ1n) is 8.57. The molecular formula is C20H20FN2O. The number of carbonyl (C=O) groups is 1. The molecule has 1 aliphatic carbocycles. The zero-order valence-electron chi connectivity index (χ0n) is 13.5.